The van der Waals surface area contributed by atoms with E-state index in [1.165, 1.54) is 11.3 Å². The van der Waals surface area contributed by atoms with Crippen molar-refractivity contribution >= 4 is 29.9 Å². The van der Waals surface area contributed by atoms with E-state index in [0.717, 1.165) is 41.4 Å². The maximum absolute atomic E-state index is 4.80. The van der Waals surface area contributed by atoms with E-state index in [2.05, 4.69) is 72.7 Å². The average molecular weight is 532 g/mol. The predicted octanol–water partition coefficient (Wildman–Crippen LogP) is 4.40. The summed E-state index contributed by atoms with van der Waals surface area (Å²) >= 11 is 0. The number of guanidine groups is 1. The molecule has 1 atom stereocenters. The highest BCUT2D eigenvalue weighted by Crippen LogP contribution is 2.18. The summed E-state index contributed by atoms with van der Waals surface area (Å²) in [7, 11) is 1.99. The molecule has 31 heavy (non-hydrogen) atoms. The van der Waals surface area contributed by atoms with Gasteiger partial charge in [0.2, 0.25) is 0 Å². The Bertz CT molecular complexity index is 997. The maximum atomic E-state index is 4.80. The van der Waals surface area contributed by atoms with Gasteiger partial charge in [-0.15, -0.1) is 24.0 Å². The average Bonchev–Trinajstić information content (AvgIpc) is 2.99. The fourth-order valence-corrected chi connectivity index (χ4v) is 3.56. The zero-order valence-corrected chi connectivity index (χ0v) is 21.3. The van der Waals surface area contributed by atoms with Crippen LogP contribution in [0, 0.1) is 13.8 Å². The van der Waals surface area contributed by atoms with Crippen molar-refractivity contribution in [3.63, 3.8) is 0 Å². The molecule has 6 nitrogen and oxygen atoms in total. The summed E-state index contributed by atoms with van der Waals surface area (Å²) < 4.78 is 1.95. The second-order valence-electron chi connectivity index (χ2n) is 7.63. The van der Waals surface area contributed by atoms with Gasteiger partial charge < -0.3 is 10.6 Å². The third kappa shape index (κ3) is 6.78. The Balaban J connectivity index is 0.00000341. The molecule has 0 aliphatic rings. The highest BCUT2D eigenvalue weighted by atomic mass is 127. The van der Waals surface area contributed by atoms with Crippen molar-refractivity contribution in [2.24, 2.45) is 12.0 Å². The molecule has 0 saturated carbocycles. The molecule has 0 bridgehead atoms. The van der Waals surface area contributed by atoms with E-state index in [9.17, 15) is 0 Å². The lowest BCUT2D eigenvalue weighted by Crippen LogP contribution is -2.43. The van der Waals surface area contributed by atoms with Crippen LogP contribution in [0.2, 0.25) is 0 Å². The molecule has 2 aromatic heterocycles. The Kier molecular flexibility index (Phi) is 9.48. The van der Waals surface area contributed by atoms with Crippen molar-refractivity contribution in [1.29, 1.82) is 0 Å². The Morgan fingerprint density at radius 3 is 2.61 bits per heavy atom. The molecule has 166 valence electrons. The van der Waals surface area contributed by atoms with E-state index < -0.39 is 0 Å². The Labute approximate surface area is 202 Å². The molecule has 0 spiro atoms. The lowest BCUT2D eigenvalue weighted by Gasteiger charge is -2.18. The lowest BCUT2D eigenvalue weighted by atomic mass is 10.1. The van der Waals surface area contributed by atoms with Crippen LogP contribution in [0.3, 0.4) is 0 Å². The van der Waals surface area contributed by atoms with Crippen LogP contribution in [-0.4, -0.2) is 33.3 Å². The number of benzene rings is 1. The fraction of sp³-hybridized carbons (Fsp3) is 0.375. The van der Waals surface area contributed by atoms with E-state index >= 15 is 0 Å². The van der Waals surface area contributed by atoms with Gasteiger partial charge >= 0.3 is 0 Å². The van der Waals surface area contributed by atoms with E-state index in [0.29, 0.717) is 6.54 Å². The molecule has 0 fully saturated rings. The summed E-state index contributed by atoms with van der Waals surface area (Å²) in [5, 5.41) is 11.4. The molecule has 3 aromatic rings. The first-order valence-corrected chi connectivity index (χ1v) is 10.5. The van der Waals surface area contributed by atoms with Crippen LogP contribution < -0.4 is 10.6 Å². The number of aromatic nitrogens is 3. The van der Waals surface area contributed by atoms with Crippen LogP contribution >= 0.6 is 24.0 Å². The number of aliphatic imine (C=N–C) groups is 1. The molecular formula is C24H33IN6. The van der Waals surface area contributed by atoms with Crippen molar-refractivity contribution in [3.05, 3.63) is 71.2 Å². The standard InChI is InChI=1S/C24H32N6.HI/c1-6-25-24(28-17(2)14-22-18(3)29-30(5)19(22)4)27-16-20-10-9-11-21(15-20)23-12-7-8-13-26-23;/h7-13,15,17H,6,14,16H2,1-5H3,(H2,25,27,28);1H. The second-order valence-corrected chi connectivity index (χ2v) is 7.63. The zero-order chi connectivity index (χ0) is 21.5. The number of aryl methyl sites for hydroxylation is 2. The first kappa shape index (κ1) is 24.8. The molecule has 1 aromatic carbocycles. The predicted molar refractivity (Wildman–Crippen MR) is 139 cm³/mol. The van der Waals surface area contributed by atoms with Crippen LogP contribution in [0.25, 0.3) is 11.3 Å². The van der Waals surface area contributed by atoms with Gasteiger partial charge in [0.1, 0.15) is 0 Å². The largest absolute Gasteiger partial charge is 0.357 e. The van der Waals surface area contributed by atoms with Gasteiger partial charge in [-0.05, 0) is 63.4 Å². The Morgan fingerprint density at radius 2 is 1.97 bits per heavy atom. The number of nitrogens with zero attached hydrogens (tertiary/aromatic N) is 4. The van der Waals surface area contributed by atoms with Crippen LogP contribution in [0.5, 0.6) is 0 Å². The third-order valence-electron chi connectivity index (χ3n) is 5.20. The second kappa shape index (κ2) is 11.8. The molecule has 0 radical (unpaired) electrons. The summed E-state index contributed by atoms with van der Waals surface area (Å²) in [6.07, 6.45) is 2.73. The summed E-state index contributed by atoms with van der Waals surface area (Å²) in [5.41, 5.74) is 6.85. The molecule has 0 saturated heterocycles. The molecule has 3 rings (SSSR count). The quantitative estimate of drug-likeness (QED) is 0.269. The van der Waals surface area contributed by atoms with E-state index in [1.54, 1.807) is 0 Å². The smallest absolute Gasteiger partial charge is 0.191 e. The van der Waals surface area contributed by atoms with E-state index in [4.69, 9.17) is 4.99 Å². The molecule has 0 amide bonds. The van der Waals surface area contributed by atoms with E-state index in [-0.39, 0.29) is 30.0 Å². The van der Waals surface area contributed by atoms with E-state index in [1.807, 2.05) is 36.1 Å². The summed E-state index contributed by atoms with van der Waals surface area (Å²) in [4.78, 5) is 9.25. The summed E-state index contributed by atoms with van der Waals surface area (Å²) in [6.45, 7) is 9.88. The molecule has 1 unspecified atom stereocenters. The number of nitrogens with one attached hydrogen (secondary N) is 2. The maximum Gasteiger partial charge on any atom is 0.191 e. The highest BCUT2D eigenvalue weighted by Gasteiger charge is 2.14. The van der Waals surface area contributed by atoms with Gasteiger partial charge in [-0.25, -0.2) is 4.99 Å². The number of halogens is 1. The van der Waals surface area contributed by atoms with Crippen LogP contribution in [0.1, 0.15) is 36.4 Å². The molecule has 0 aliphatic heterocycles. The molecule has 2 heterocycles. The van der Waals surface area contributed by atoms with Gasteiger partial charge in [-0.1, -0.05) is 24.3 Å². The molecule has 0 aliphatic carbocycles. The number of hydrogen-bond donors (Lipinski definition) is 2. The topological polar surface area (TPSA) is 67.1 Å². The number of rotatable bonds is 7. The highest BCUT2D eigenvalue weighted by molar-refractivity contribution is 14.0. The lowest BCUT2D eigenvalue weighted by molar-refractivity contribution is 0.636. The van der Waals surface area contributed by atoms with Crippen molar-refractivity contribution < 1.29 is 0 Å². The minimum absolute atomic E-state index is 0. The SMILES string of the molecule is CCNC(=NCc1cccc(-c2ccccn2)c1)NC(C)Cc1c(C)nn(C)c1C.I. The Hall–Kier alpha value is -2.42. The first-order chi connectivity index (χ1) is 14.5. The number of pyridine rings is 1. The zero-order valence-electron chi connectivity index (χ0n) is 19.0. The number of hydrogen-bond acceptors (Lipinski definition) is 3. The normalized spacial score (nSPS) is 12.2. The summed E-state index contributed by atoms with van der Waals surface area (Å²) in [6, 6.07) is 14.6. The van der Waals surface area contributed by atoms with Crippen molar-refractivity contribution in [3.8, 4) is 11.3 Å². The van der Waals surface area contributed by atoms with Gasteiger partial charge in [0, 0.05) is 37.1 Å². The molecular weight excluding hydrogens is 499 g/mol. The van der Waals surface area contributed by atoms with Crippen molar-refractivity contribution in [2.75, 3.05) is 6.54 Å². The van der Waals surface area contributed by atoms with Crippen LogP contribution in [0.15, 0.2) is 53.7 Å². The monoisotopic (exact) mass is 532 g/mol. The van der Waals surface area contributed by atoms with Gasteiger partial charge in [-0.2, -0.15) is 5.10 Å². The fourth-order valence-electron chi connectivity index (χ4n) is 3.56. The minimum Gasteiger partial charge on any atom is -0.357 e. The van der Waals surface area contributed by atoms with Gasteiger partial charge in [0.25, 0.3) is 0 Å². The minimum atomic E-state index is 0. The molecule has 7 heteroatoms. The Morgan fingerprint density at radius 1 is 1.16 bits per heavy atom. The summed E-state index contributed by atoms with van der Waals surface area (Å²) in [5.74, 6) is 0.826. The molecule has 2 N–H and O–H groups in total. The van der Waals surface area contributed by atoms with Crippen LogP contribution in [0.4, 0.5) is 0 Å². The van der Waals surface area contributed by atoms with Crippen molar-refractivity contribution in [2.45, 2.75) is 46.7 Å². The van der Waals surface area contributed by atoms with Gasteiger partial charge in [0.15, 0.2) is 5.96 Å². The third-order valence-corrected chi connectivity index (χ3v) is 5.20. The van der Waals surface area contributed by atoms with Gasteiger partial charge in [-0.3, -0.25) is 9.67 Å². The van der Waals surface area contributed by atoms with Crippen LogP contribution in [-0.2, 0) is 20.0 Å². The first-order valence-electron chi connectivity index (χ1n) is 10.5. The van der Waals surface area contributed by atoms with Gasteiger partial charge in [0.05, 0.1) is 17.9 Å². The van der Waals surface area contributed by atoms with Crippen molar-refractivity contribution in [1.82, 2.24) is 25.4 Å².